The highest BCUT2D eigenvalue weighted by atomic mass is 16.2. The maximum Gasteiger partial charge on any atom is 0.314 e. The van der Waals surface area contributed by atoms with Crippen molar-refractivity contribution in [2.75, 3.05) is 6.54 Å². The number of carbonyl (C=O) groups is 1. The van der Waals surface area contributed by atoms with Gasteiger partial charge in [-0.3, -0.25) is 14.4 Å². The average molecular weight is 183 g/mol. The third-order valence-electron chi connectivity index (χ3n) is 1.38. The third kappa shape index (κ3) is 2.05. The number of aromatic nitrogens is 2. The third-order valence-corrected chi connectivity index (χ3v) is 1.38. The van der Waals surface area contributed by atoms with Crippen molar-refractivity contribution in [2.45, 2.75) is 6.92 Å². The van der Waals surface area contributed by atoms with Gasteiger partial charge >= 0.3 is 11.1 Å². The zero-order chi connectivity index (χ0) is 9.84. The van der Waals surface area contributed by atoms with E-state index in [4.69, 9.17) is 0 Å². The molecule has 1 aromatic rings. The molecule has 1 heterocycles. The summed E-state index contributed by atoms with van der Waals surface area (Å²) in [6.07, 6.45) is 1.16. The van der Waals surface area contributed by atoms with Gasteiger partial charge in [-0.1, -0.05) is 0 Å². The van der Waals surface area contributed by atoms with Gasteiger partial charge in [0.2, 0.25) is 0 Å². The van der Waals surface area contributed by atoms with Crippen LogP contribution in [0.1, 0.15) is 17.4 Å². The molecule has 3 N–H and O–H groups in total. The van der Waals surface area contributed by atoms with Crippen LogP contribution in [-0.4, -0.2) is 22.4 Å². The Labute approximate surface area is 73.0 Å². The number of H-pyrrole nitrogens is 2. The van der Waals surface area contributed by atoms with Crippen molar-refractivity contribution in [3.63, 3.8) is 0 Å². The van der Waals surface area contributed by atoms with Crippen molar-refractivity contribution in [1.29, 1.82) is 0 Å². The second-order valence-electron chi connectivity index (χ2n) is 2.35. The minimum atomic E-state index is -0.830. The van der Waals surface area contributed by atoms with Gasteiger partial charge < -0.3 is 15.3 Å². The molecule has 6 nitrogen and oxygen atoms in total. The molecule has 0 fully saturated rings. The summed E-state index contributed by atoms with van der Waals surface area (Å²) in [5.41, 5.74) is -1.55. The van der Waals surface area contributed by atoms with Gasteiger partial charge in [-0.25, -0.2) is 0 Å². The molecule has 0 aromatic carbocycles. The zero-order valence-electron chi connectivity index (χ0n) is 7.01. The molecule has 1 amide bonds. The quantitative estimate of drug-likeness (QED) is 0.503. The normalized spacial score (nSPS) is 9.62. The Morgan fingerprint density at radius 2 is 2.15 bits per heavy atom. The van der Waals surface area contributed by atoms with E-state index >= 15 is 0 Å². The lowest BCUT2D eigenvalue weighted by molar-refractivity contribution is 0.0950. The lowest BCUT2D eigenvalue weighted by Crippen LogP contribution is -2.33. The Balaban J connectivity index is 3.04. The Hall–Kier alpha value is -1.85. The lowest BCUT2D eigenvalue weighted by atomic mass is 10.4. The SMILES string of the molecule is CCNC(=O)c1c[nH]c(=O)c(=O)[nH]1. The van der Waals surface area contributed by atoms with Crippen LogP contribution < -0.4 is 16.4 Å². The minimum Gasteiger partial charge on any atom is -0.351 e. The summed E-state index contributed by atoms with van der Waals surface area (Å²) in [4.78, 5) is 36.8. The van der Waals surface area contributed by atoms with E-state index in [0.717, 1.165) is 6.20 Å². The van der Waals surface area contributed by atoms with Gasteiger partial charge in [0, 0.05) is 12.7 Å². The Morgan fingerprint density at radius 3 is 2.69 bits per heavy atom. The Kier molecular flexibility index (Phi) is 2.63. The van der Waals surface area contributed by atoms with Gasteiger partial charge in [0.25, 0.3) is 5.91 Å². The summed E-state index contributed by atoms with van der Waals surface area (Å²) in [6.45, 7) is 2.21. The van der Waals surface area contributed by atoms with Crippen molar-refractivity contribution in [2.24, 2.45) is 0 Å². The maximum atomic E-state index is 11.1. The molecule has 0 spiro atoms. The van der Waals surface area contributed by atoms with Crippen molar-refractivity contribution in [3.8, 4) is 0 Å². The molecular formula is C7H9N3O3. The monoisotopic (exact) mass is 183 g/mol. The van der Waals surface area contributed by atoms with E-state index in [1.165, 1.54) is 0 Å². The first-order valence-corrected chi connectivity index (χ1v) is 3.75. The van der Waals surface area contributed by atoms with Crippen LogP contribution in [0.5, 0.6) is 0 Å². The Bertz CT molecular complexity index is 417. The predicted molar refractivity (Wildman–Crippen MR) is 45.7 cm³/mol. The molecule has 0 radical (unpaired) electrons. The number of rotatable bonds is 2. The second-order valence-corrected chi connectivity index (χ2v) is 2.35. The predicted octanol–water partition coefficient (Wildman–Crippen LogP) is -1.19. The average Bonchev–Trinajstić information content (AvgIpc) is 2.10. The van der Waals surface area contributed by atoms with E-state index in [-0.39, 0.29) is 5.69 Å². The minimum absolute atomic E-state index is 0.0476. The molecule has 0 aliphatic rings. The number of amides is 1. The highest BCUT2D eigenvalue weighted by molar-refractivity contribution is 5.91. The van der Waals surface area contributed by atoms with Gasteiger partial charge in [-0.2, -0.15) is 0 Å². The van der Waals surface area contributed by atoms with Crippen molar-refractivity contribution in [3.05, 3.63) is 32.6 Å². The van der Waals surface area contributed by atoms with E-state index in [9.17, 15) is 14.4 Å². The van der Waals surface area contributed by atoms with Crippen LogP contribution >= 0.6 is 0 Å². The summed E-state index contributed by atoms with van der Waals surface area (Å²) < 4.78 is 0. The first kappa shape index (κ1) is 9.24. The fourth-order valence-electron chi connectivity index (χ4n) is 0.797. The first-order chi connectivity index (χ1) is 6.15. The van der Waals surface area contributed by atoms with Crippen molar-refractivity contribution >= 4 is 5.91 Å². The summed E-state index contributed by atoms with van der Waals surface area (Å²) >= 11 is 0. The molecule has 0 unspecified atom stereocenters. The smallest absolute Gasteiger partial charge is 0.314 e. The Morgan fingerprint density at radius 1 is 1.46 bits per heavy atom. The molecular weight excluding hydrogens is 174 g/mol. The van der Waals surface area contributed by atoms with Crippen LogP contribution in [0, 0.1) is 0 Å². The van der Waals surface area contributed by atoms with E-state index in [0.29, 0.717) is 6.54 Å². The number of nitrogens with one attached hydrogen (secondary N) is 3. The molecule has 0 saturated carbocycles. The van der Waals surface area contributed by atoms with Crippen LogP contribution in [0.25, 0.3) is 0 Å². The van der Waals surface area contributed by atoms with Crippen LogP contribution in [0.3, 0.4) is 0 Å². The molecule has 70 valence electrons. The number of aromatic amines is 2. The highest BCUT2D eigenvalue weighted by Gasteiger charge is 2.05. The number of hydrogen-bond acceptors (Lipinski definition) is 3. The topological polar surface area (TPSA) is 94.8 Å². The lowest BCUT2D eigenvalue weighted by Gasteiger charge is -1.99. The molecule has 0 aliphatic heterocycles. The summed E-state index contributed by atoms with van der Waals surface area (Å²) in [7, 11) is 0. The molecule has 1 aromatic heterocycles. The molecule has 13 heavy (non-hydrogen) atoms. The van der Waals surface area contributed by atoms with Crippen molar-refractivity contribution < 1.29 is 4.79 Å². The van der Waals surface area contributed by atoms with Crippen LogP contribution in [-0.2, 0) is 0 Å². The fraction of sp³-hybridized carbons (Fsp3) is 0.286. The second kappa shape index (κ2) is 3.70. The van der Waals surface area contributed by atoms with E-state index < -0.39 is 17.0 Å². The first-order valence-electron chi connectivity index (χ1n) is 3.75. The van der Waals surface area contributed by atoms with Gasteiger partial charge in [-0.15, -0.1) is 0 Å². The van der Waals surface area contributed by atoms with Crippen LogP contribution in [0.15, 0.2) is 15.8 Å². The zero-order valence-corrected chi connectivity index (χ0v) is 7.01. The van der Waals surface area contributed by atoms with E-state index in [2.05, 4.69) is 15.3 Å². The summed E-state index contributed by atoms with van der Waals surface area (Å²) in [5, 5.41) is 2.48. The standard InChI is InChI=1S/C7H9N3O3/c1-2-8-5(11)4-3-9-6(12)7(13)10-4/h3H,2H2,1H3,(H,8,11)(H,9,12)(H,10,13). The number of carbonyl (C=O) groups excluding carboxylic acids is 1. The fourth-order valence-corrected chi connectivity index (χ4v) is 0.797. The molecule has 1 rings (SSSR count). The summed E-state index contributed by atoms with van der Waals surface area (Å²) in [6, 6.07) is 0. The van der Waals surface area contributed by atoms with E-state index in [1.54, 1.807) is 6.92 Å². The number of hydrogen-bond donors (Lipinski definition) is 3. The molecule has 6 heteroatoms. The molecule has 0 atom stereocenters. The molecule has 0 saturated heterocycles. The van der Waals surface area contributed by atoms with Crippen LogP contribution in [0.2, 0.25) is 0 Å². The van der Waals surface area contributed by atoms with Gasteiger partial charge in [0.15, 0.2) is 0 Å². The van der Waals surface area contributed by atoms with Gasteiger partial charge in [-0.05, 0) is 6.92 Å². The van der Waals surface area contributed by atoms with Gasteiger partial charge in [0.05, 0.1) is 0 Å². The van der Waals surface area contributed by atoms with E-state index in [1.807, 2.05) is 0 Å². The van der Waals surface area contributed by atoms with Crippen molar-refractivity contribution in [1.82, 2.24) is 15.3 Å². The summed E-state index contributed by atoms with van der Waals surface area (Å²) in [5.74, 6) is -0.421. The highest BCUT2D eigenvalue weighted by Crippen LogP contribution is 1.83. The van der Waals surface area contributed by atoms with Crippen LogP contribution in [0.4, 0.5) is 0 Å². The van der Waals surface area contributed by atoms with Gasteiger partial charge in [0.1, 0.15) is 5.69 Å². The maximum absolute atomic E-state index is 11.1. The molecule has 0 aliphatic carbocycles. The largest absolute Gasteiger partial charge is 0.351 e. The molecule has 0 bridgehead atoms.